The van der Waals surface area contributed by atoms with Crippen LogP contribution in [0.15, 0.2) is 30.1 Å². The van der Waals surface area contributed by atoms with E-state index in [1.165, 1.54) is 6.08 Å². The molecule has 1 aromatic heterocycles. The lowest BCUT2D eigenvalue weighted by Gasteiger charge is -1.92. The number of aromatic nitrogens is 1. The van der Waals surface area contributed by atoms with Gasteiger partial charge in [0.05, 0.1) is 0 Å². The van der Waals surface area contributed by atoms with Gasteiger partial charge in [-0.25, -0.2) is 0 Å². The summed E-state index contributed by atoms with van der Waals surface area (Å²) in [7, 11) is 0. The van der Waals surface area contributed by atoms with Gasteiger partial charge in [0.1, 0.15) is 11.6 Å². The van der Waals surface area contributed by atoms with Crippen LogP contribution in [-0.2, 0) is 4.79 Å². The maximum Gasteiger partial charge on any atom is 0.259 e. The first-order chi connectivity index (χ1) is 6.24. The van der Waals surface area contributed by atoms with Crippen molar-refractivity contribution in [1.82, 2.24) is 4.98 Å². The molecule has 0 atom stereocenters. The van der Waals surface area contributed by atoms with Gasteiger partial charge in [-0.15, -0.1) is 0 Å². The van der Waals surface area contributed by atoms with Crippen LogP contribution in [0.3, 0.4) is 0 Å². The van der Waals surface area contributed by atoms with Crippen LogP contribution in [0.5, 0.6) is 0 Å². The van der Waals surface area contributed by atoms with E-state index in [1.807, 2.05) is 0 Å². The number of hydrogen-bond acceptors (Lipinski definition) is 3. The van der Waals surface area contributed by atoms with E-state index < -0.39 is 5.91 Å². The molecule has 64 valence electrons. The molecule has 1 aromatic rings. The summed E-state index contributed by atoms with van der Waals surface area (Å²) in [4.78, 5) is 14.4. The number of rotatable bonds is 2. The first-order valence-corrected chi connectivity index (χ1v) is 3.55. The Morgan fingerprint density at radius 1 is 1.54 bits per heavy atom. The number of amides is 1. The van der Waals surface area contributed by atoms with Gasteiger partial charge in [0.25, 0.3) is 5.91 Å². The van der Waals surface area contributed by atoms with Crippen molar-refractivity contribution in [1.29, 1.82) is 5.26 Å². The monoisotopic (exact) mass is 173 g/mol. The Bertz CT molecular complexity index is 376. The molecule has 0 fully saturated rings. The number of carbonyl (C=O) groups is 1. The van der Waals surface area contributed by atoms with E-state index in [0.29, 0.717) is 0 Å². The SMILES string of the molecule is N#CC(=Cc1ccncc1)C(N)=O. The molecule has 0 saturated heterocycles. The molecule has 0 spiro atoms. The van der Waals surface area contributed by atoms with Crippen LogP contribution in [0, 0.1) is 11.3 Å². The summed E-state index contributed by atoms with van der Waals surface area (Å²) in [5, 5.41) is 8.52. The maximum atomic E-state index is 10.7. The number of pyridine rings is 1. The highest BCUT2D eigenvalue weighted by Gasteiger charge is 2.01. The normalized spacial score (nSPS) is 10.5. The fourth-order valence-corrected chi connectivity index (χ4v) is 0.785. The summed E-state index contributed by atoms with van der Waals surface area (Å²) in [5.41, 5.74) is 5.61. The Morgan fingerprint density at radius 2 is 2.15 bits per heavy atom. The Balaban J connectivity index is 3.01. The Hall–Kier alpha value is -2.15. The zero-order valence-corrected chi connectivity index (χ0v) is 6.77. The molecule has 1 amide bonds. The van der Waals surface area contributed by atoms with Crippen molar-refractivity contribution in [3.63, 3.8) is 0 Å². The minimum absolute atomic E-state index is 0.0637. The molecule has 4 heteroatoms. The molecular formula is C9H7N3O. The van der Waals surface area contributed by atoms with Crippen LogP contribution in [0.25, 0.3) is 6.08 Å². The van der Waals surface area contributed by atoms with Crippen molar-refractivity contribution in [3.05, 3.63) is 35.7 Å². The number of nitrogens with zero attached hydrogens (tertiary/aromatic N) is 2. The largest absolute Gasteiger partial charge is 0.365 e. The van der Waals surface area contributed by atoms with E-state index in [9.17, 15) is 4.79 Å². The molecule has 0 aliphatic heterocycles. The van der Waals surface area contributed by atoms with Gasteiger partial charge < -0.3 is 5.73 Å². The molecule has 2 N–H and O–H groups in total. The van der Waals surface area contributed by atoms with Gasteiger partial charge in [0.15, 0.2) is 0 Å². The molecule has 0 bridgehead atoms. The summed E-state index contributed by atoms with van der Waals surface area (Å²) >= 11 is 0. The molecule has 0 radical (unpaired) electrons. The number of nitriles is 1. The number of hydrogen-bond donors (Lipinski definition) is 1. The Kier molecular flexibility index (Phi) is 2.77. The molecular weight excluding hydrogens is 166 g/mol. The lowest BCUT2D eigenvalue weighted by atomic mass is 10.1. The van der Waals surface area contributed by atoms with Crippen molar-refractivity contribution in [2.45, 2.75) is 0 Å². The standard InChI is InChI=1S/C9H7N3O/c10-6-8(9(11)13)5-7-1-3-12-4-2-7/h1-5H,(H2,11,13). The molecule has 0 unspecified atom stereocenters. The zero-order valence-electron chi connectivity index (χ0n) is 6.77. The van der Waals surface area contributed by atoms with Crippen LogP contribution < -0.4 is 5.73 Å². The van der Waals surface area contributed by atoms with Crippen LogP contribution >= 0.6 is 0 Å². The summed E-state index contributed by atoms with van der Waals surface area (Å²) in [6, 6.07) is 5.08. The number of primary amides is 1. The number of carbonyl (C=O) groups excluding carboxylic acids is 1. The second-order valence-electron chi connectivity index (χ2n) is 2.31. The molecule has 0 aliphatic rings. The molecule has 1 heterocycles. The smallest absolute Gasteiger partial charge is 0.259 e. The quantitative estimate of drug-likeness (QED) is 0.521. The maximum absolute atomic E-state index is 10.7. The van der Waals surface area contributed by atoms with Gasteiger partial charge in [0.2, 0.25) is 0 Å². The van der Waals surface area contributed by atoms with Gasteiger partial charge in [-0.3, -0.25) is 9.78 Å². The Labute approximate surface area is 75.3 Å². The highest BCUT2D eigenvalue weighted by Crippen LogP contribution is 2.03. The van der Waals surface area contributed by atoms with Crippen molar-refractivity contribution in [3.8, 4) is 6.07 Å². The molecule has 0 aliphatic carbocycles. The molecule has 4 nitrogen and oxygen atoms in total. The second kappa shape index (κ2) is 4.02. The van der Waals surface area contributed by atoms with E-state index in [0.717, 1.165) is 5.56 Å². The molecule has 0 aromatic carbocycles. The van der Waals surface area contributed by atoms with E-state index in [1.54, 1.807) is 30.6 Å². The highest BCUT2D eigenvalue weighted by atomic mass is 16.1. The third-order valence-electron chi connectivity index (χ3n) is 1.40. The van der Waals surface area contributed by atoms with E-state index in [2.05, 4.69) is 4.98 Å². The molecule has 0 saturated carbocycles. The zero-order chi connectivity index (χ0) is 9.68. The van der Waals surface area contributed by atoms with Crippen molar-refractivity contribution < 1.29 is 4.79 Å². The Morgan fingerprint density at radius 3 is 2.62 bits per heavy atom. The summed E-state index contributed by atoms with van der Waals surface area (Å²) < 4.78 is 0. The lowest BCUT2D eigenvalue weighted by Crippen LogP contribution is -2.12. The number of nitrogens with two attached hydrogens (primary N) is 1. The average molecular weight is 173 g/mol. The fourth-order valence-electron chi connectivity index (χ4n) is 0.785. The van der Waals surface area contributed by atoms with E-state index in [-0.39, 0.29) is 5.57 Å². The fraction of sp³-hybridized carbons (Fsp3) is 0. The summed E-state index contributed by atoms with van der Waals surface area (Å²) in [6.07, 6.45) is 4.56. The van der Waals surface area contributed by atoms with Gasteiger partial charge in [-0.05, 0) is 23.8 Å². The average Bonchev–Trinajstić information content (AvgIpc) is 2.15. The van der Waals surface area contributed by atoms with Crippen LogP contribution in [0.4, 0.5) is 0 Å². The highest BCUT2D eigenvalue weighted by molar-refractivity contribution is 6.00. The third-order valence-corrected chi connectivity index (χ3v) is 1.40. The first-order valence-electron chi connectivity index (χ1n) is 3.55. The van der Waals surface area contributed by atoms with Gasteiger partial charge in [0, 0.05) is 12.4 Å². The minimum Gasteiger partial charge on any atom is -0.365 e. The van der Waals surface area contributed by atoms with Gasteiger partial charge in [-0.2, -0.15) is 5.26 Å². The van der Waals surface area contributed by atoms with Crippen LogP contribution in [0.1, 0.15) is 5.56 Å². The topological polar surface area (TPSA) is 79.8 Å². The van der Waals surface area contributed by atoms with E-state index >= 15 is 0 Å². The molecule has 1 rings (SSSR count). The summed E-state index contributed by atoms with van der Waals surface area (Å²) in [6.45, 7) is 0. The van der Waals surface area contributed by atoms with Crippen molar-refractivity contribution in [2.24, 2.45) is 5.73 Å². The van der Waals surface area contributed by atoms with Crippen LogP contribution in [0.2, 0.25) is 0 Å². The van der Waals surface area contributed by atoms with Crippen molar-refractivity contribution >= 4 is 12.0 Å². The predicted molar refractivity (Wildman–Crippen MR) is 47.0 cm³/mol. The molecule has 13 heavy (non-hydrogen) atoms. The first kappa shape index (κ1) is 8.94. The third kappa shape index (κ3) is 2.42. The minimum atomic E-state index is -0.723. The van der Waals surface area contributed by atoms with Crippen LogP contribution in [-0.4, -0.2) is 10.9 Å². The second-order valence-corrected chi connectivity index (χ2v) is 2.31. The summed E-state index contributed by atoms with van der Waals surface area (Å²) in [5.74, 6) is -0.723. The van der Waals surface area contributed by atoms with Gasteiger partial charge >= 0.3 is 0 Å². The lowest BCUT2D eigenvalue weighted by molar-refractivity contribution is -0.114. The van der Waals surface area contributed by atoms with Gasteiger partial charge in [-0.1, -0.05) is 0 Å². The van der Waals surface area contributed by atoms with Crippen molar-refractivity contribution in [2.75, 3.05) is 0 Å². The van der Waals surface area contributed by atoms with E-state index in [4.69, 9.17) is 11.0 Å². The predicted octanol–water partition coefficient (Wildman–Crippen LogP) is 0.474.